The third kappa shape index (κ3) is 1.90. The van der Waals surface area contributed by atoms with Crippen LogP contribution in [0.5, 0.6) is 0 Å². The maximum absolute atomic E-state index is 4.17. The fourth-order valence-electron chi connectivity index (χ4n) is 3.06. The molecule has 1 aromatic carbocycles. The van der Waals surface area contributed by atoms with Crippen LogP contribution < -0.4 is 10.2 Å². The summed E-state index contributed by atoms with van der Waals surface area (Å²) in [7, 11) is 0. The Bertz CT molecular complexity index is 552. The number of anilines is 1. The minimum absolute atomic E-state index is 0.720. The summed E-state index contributed by atoms with van der Waals surface area (Å²) in [5.74, 6) is 0.859. The highest BCUT2D eigenvalue weighted by atomic mass is 15.2. The second kappa shape index (κ2) is 4.35. The van der Waals surface area contributed by atoms with Gasteiger partial charge in [0, 0.05) is 49.7 Å². The lowest BCUT2D eigenvalue weighted by Crippen LogP contribution is -2.51. The average molecular weight is 251 g/mol. The van der Waals surface area contributed by atoms with Crippen LogP contribution in [-0.2, 0) is 0 Å². The number of aromatic nitrogens is 1. The van der Waals surface area contributed by atoms with Crippen LogP contribution in [0.4, 0.5) is 5.69 Å². The van der Waals surface area contributed by atoms with E-state index in [4.69, 9.17) is 0 Å². The SMILES string of the molecule is c1cncc(-c2ccc(N3CC4CN[C@@H]4C3)cc2)c1. The molecule has 0 bridgehead atoms. The van der Waals surface area contributed by atoms with Crippen molar-refractivity contribution >= 4 is 5.69 Å². The monoisotopic (exact) mass is 251 g/mol. The molecule has 19 heavy (non-hydrogen) atoms. The van der Waals surface area contributed by atoms with E-state index in [1.165, 1.54) is 29.9 Å². The molecular weight excluding hydrogens is 234 g/mol. The molecule has 1 unspecified atom stereocenters. The van der Waals surface area contributed by atoms with Crippen LogP contribution in [0.1, 0.15) is 0 Å². The first kappa shape index (κ1) is 11.0. The smallest absolute Gasteiger partial charge is 0.0367 e. The van der Waals surface area contributed by atoms with Crippen molar-refractivity contribution in [3.8, 4) is 11.1 Å². The van der Waals surface area contributed by atoms with Crippen molar-refractivity contribution in [1.29, 1.82) is 0 Å². The Hall–Kier alpha value is -1.87. The molecule has 0 amide bonds. The fraction of sp³-hybridized carbons (Fsp3) is 0.312. The number of benzene rings is 1. The molecule has 0 spiro atoms. The maximum Gasteiger partial charge on any atom is 0.0367 e. The Morgan fingerprint density at radius 2 is 1.95 bits per heavy atom. The van der Waals surface area contributed by atoms with Crippen LogP contribution in [0.2, 0.25) is 0 Å². The summed E-state index contributed by atoms with van der Waals surface area (Å²) in [4.78, 5) is 6.66. The van der Waals surface area contributed by atoms with E-state index < -0.39 is 0 Å². The van der Waals surface area contributed by atoms with E-state index in [0.717, 1.165) is 18.5 Å². The fourth-order valence-corrected chi connectivity index (χ4v) is 3.06. The molecule has 3 nitrogen and oxygen atoms in total. The van der Waals surface area contributed by atoms with Crippen molar-refractivity contribution in [2.75, 3.05) is 24.5 Å². The molecule has 2 aromatic rings. The van der Waals surface area contributed by atoms with Gasteiger partial charge in [-0.2, -0.15) is 0 Å². The van der Waals surface area contributed by atoms with Crippen LogP contribution >= 0.6 is 0 Å². The van der Waals surface area contributed by atoms with Gasteiger partial charge in [-0.25, -0.2) is 0 Å². The minimum Gasteiger partial charge on any atom is -0.370 e. The van der Waals surface area contributed by atoms with E-state index in [0.29, 0.717) is 0 Å². The van der Waals surface area contributed by atoms with Crippen molar-refractivity contribution in [1.82, 2.24) is 10.3 Å². The van der Waals surface area contributed by atoms with Gasteiger partial charge in [-0.3, -0.25) is 4.98 Å². The molecule has 0 saturated carbocycles. The molecule has 2 aliphatic rings. The predicted octanol–water partition coefficient (Wildman–Crippen LogP) is 2.16. The Morgan fingerprint density at radius 1 is 1.05 bits per heavy atom. The molecular formula is C16H17N3. The van der Waals surface area contributed by atoms with Crippen LogP contribution in [0.3, 0.4) is 0 Å². The molecule has 1 aromatic heterocycles. The van der Waals surface area contributed by atoms with Gasteiger partial charge in [0.25, 0.3) is 0 Å². The molecule has 2 aliphatic heterocycles. The highest BCUT2D eigenvalue weighted by Gasteiger charge is 2.38. The normalized spacial score (nSPS) is 24.9. The molecule has 3 heterocycles. The summed E-state index contributed by atoms with van der Waals surface area (Å²) in [5.41, 5.74) is 3.75. The molecule has 0 aliphatic carbocycles. The Kier molecular flexibility index (Phi) is 2.52. The van der Waals surface area contributed by atoms with Crippen molar-refractivity contribution in [2.24, 2.45) is 5.92 Å². The van der Waals surface area contributed by atoms with Gasteiger partial charge < -0.3 is 10.2 Å². The van der Waals surface area contributed by atoms with Gasteiger partial charge >= 0.3 is 0 Å². The molecule has 2 fully saturated rings. The minimum atomic E-state index is 0.720. The quantitative estimate of drug-likeness (QED) is 0.886. The van der Waals surface area contributed by atoms with Crippen molar-refractivity contribution < 1.29 is 0 Å². The molecule has 2 atom stereocenters. The summed E-state index contributed by atoms with van der Waals surface area (Å²) >= 11 is 0. The van der Waals surface area contributed by atoms with E-state index in [1.54, 1.807) is 0 Å². The summed E-state index contributed by atoms with van der Waals surface area (Å²) in [6.07, 6.45) is 3.72. The number of pyridine rings is 1. The highest BCUT2D eigenvalue weighted by Crippen LogP contribution is 2.29. The average Bonchev–Trinajstić information content (AvgIpc) is 2.76. The molecule has 1 N–H and O–H groups in total. The molecule has 4 rings (SSSR count). The van der Waals surface area contributed by atoms with E-state index in [1.807, 2.05) is 18.5 Å². The van der Waals surface area contributed by atoms with E-state index in [9.17, 15) is 0 Å². The van der Waals surface area contributed by atoms with Gasteiger partial charge in [-0.15, -0.1) is 0 Å². The topological polar surface area (TPSA) is 28.2 Å². The first-order chi connectivity index (χ1) is 9.40. The molecule has 96 valence electrons. The largest absolute Gasteiger partial charge is 0.370 e. The van der Waals surface area contributed by atoms with Crippen molar-refractivity contribution in [2.45, 2.75) is 6.04 Å². The lowest BCUT2D eigenvalue weighted by molar-refractivity contribution is 0.297. The molecule has 0 radical (unpaired) electrons. The Labute approximate surface area is 113 Å². The van der Waals surface area contributed by atoms with E-state index >= 15 is 0 Å². The van der Waals surface area contributed by atoms with E-state index in [2.05, 4.69) is 45.5 Å². The number of nitrogens with zero attached hydrogens (tertiary/aromatic N) is 2. The van der Waals surface area contributed by atoms with Gasteiger partial charge in [0.05, 0.1) is 0 Å². The number of nitrogens with one attached hydrogen (secondary N) is 1. The first-order valence-corrected chi connectivity index (χ1v) is 6.89. The summed E-state index contributed by atoms with van der Waals surface area (Å²) in [5, 5.41) is 3.49. The lowest BCUT2D eigenvalue weighted by Gasteiger charge is -2.29. The third-order valence-corrected chi connectivity index (χ3v) is 4.31. The number of hydrogen-bond donors (Lipinski definition) is 1. The number of hydrogen-bond acceptors (Lipinski definition) is 3. The molecule has 2 saturated heterocycles. The number of fused-ring (bicyclic) bond motifs is 1. The van der Waals surface area contributed by atoms with Gasteiger partial charge in [0.15, 0.2) is 0 Å². The molecule has 3 heteroatoms. The second-order valence-corrected chi connectivity index (χ2v) is 5.47. The highest BCUT2D eigenvalue weighted by molar-refractivity contribution is 5.65. The predicted molar refractivity (Wildman–Crippen MR) is 77.2 cm³/mol. The summed E-state index contributed by atoms with van der Waals surface area (Å²) in [6.45, 7) is 3.54. The van der Waals surface area contributed by atoms with Gasteiger partial charge in [0.2, 0.25) is 0 Å². The van der Waals surface area contributed by atoms with E-state index in [-0.39, 0.29) is 0 Å². The van der Waals surface area contributed by atoms with Crippen molar-refractivity contribution in [3.63, 3.8) is 0 Å². The maximum atomic E-state index is 4.17. The summed E-state index contributed by atoms with van der Waals surface area (Å²) in [6, 6.07) is 13.6. The second-order valence-electron chi connectivity index (χ2n) is 5.47. The lowest BCUT2D eigenvalue weighted by atomic mass is 9.96. The zero-order chi connectivity index (χ0) is 12.7. The van der Waals surface area contributed by atoms with Crippen LogP contribution in [0, 0.1) is 5.92 Å². The van der Waals surface area contributed by atoms with Gasteiger partial charge in [0.1, 0.15) is 0 Å². The Balaban J connectivity index is 1.56. The Morgan fingerprint density at radius 3 is 2.53 bits per heavy atom. The van der Waals surface area contributed by atoms with Gasteiger partial charge in [-0.05, 0) is 29.3 Å². The van der Waals surface area contributed by atoms with Crippen LogP contribution in [-0.4, -0.2) is 30.7 Å². The third-order valence-electron chi connectivity index (χ3n) is 4.31. The number of rotatable bonds is 2. The summed E-state index contributed by atoms with van der Waals surface area (Å²) < 4.78 is 0. The zero-order valence-electron chi connectivity index (χ0n) is 10.8. The van der Waals surface area contributed by atoms with Crippen LogP contribution in [0.15, 0.2) is 48.8 Å². The zero-order valence-corrected chi connectivity index (χ0v) is 10.8. The van der Waals surface area contributed by atoms with Crippen LogP contribution in [0.25, 0.3) is 11.1 Å². The standard InChI is InChI=1S/C16H17N3/c1-2-13(8-17-7-1)12-3-5-15(6-4-12)19-10-14-9-18-16(14)11-19/h1-8,14,16,18H,9-11H2/t14?,16-/m1/s1. The van der Waals surface area contributed by atoms with Gasteiger partial charge in [-0.1, -0.05) is 18.2 Å². The van der Waals surface area contributed by atoms with Crippen molar-refractivity contribution in [3.05, 3.63) is 48.8 Å². The first-order valence-electron chi connectivity index (χ1n) is 6.89.